The van der Waals surface area contributed by atoms with Crippen LogP contribution >= 0.6 is 11.6 Å². The van der Waals surface area contributed by atoms with E-state index in [-0.39, 0.29) is 17.3 Å². The Labute approximate surface area is 93.6 Å². The fourth-order valence-electron chi connectivity index (χ4n) is 1.03. The van der Waals surface area contributed by atoms with Crippen LogP contribution in [0.15, 0.2) is 6.20 Å². The van der Waals surface area contributed by atoms with E-state index in [2.05, 4.69) is 9.72 Å². The molecule has 0 spiro atoms. The minimum Gasteiger partial charge on any atom is -0.503 e. The maximum absolute atomic E-state index is 12.0. The molecule has 0 saturated heterocycles. The molecule has 0 aliphatic heterocycles. The molecule has 0 radical (unpaired) electrons. The molecular formula is C8H7ClF3NO3. The van der Waals surface area contributed by atoms with Crippen molar-refractivity contribution in [3.63, 3.8) is 0 Å². The smallest absolute Gasteiger partial charge is 0.503 e. The third-order valence-electron chi connectivity index (χ3n) is 1.61. The maximum Gasteiger partial charge on any atom is 0.573 e. The third-order valence-corrected chi connectivity index (χ3v) is 1.88. The van der Waals surface area contributed by atoms with E-state index < -0.39 is 17.9 Å². The van der Waals surface area contributed by atoms with Gasteiger partial charge in [0.05, 0.1) is 24.8 Å². The Kier molecular flexibility index (Phi) is 3.69. The van der Waals surface area contributed by atoms with E-state index in [1.165, 1.54) is 7.11 Å². The van der Waals surface area contributed by atoms with Crippen molar-refractivity contribution in [1.82, 2.24) is 4.98 Å². The average molecular weight is 258 g/mol. The molecule has 16 heavy (non-hydrogen) atoms. The summed E-state index contributed by atoms with van der Waals surface area (Å²) >= 11 is 5.44. The summed E-state index contributed by atoms with van der Waals surface area (Å²) in [5, 5.41) is 9.20. The molecule has 1 N–H and O–H groups in total. The number of hydrogen-bond donors (Lipinski definition) is 1. The molecule has 1 aromatic heterocycles. The fraction of sp³-hybridized carbons (Fsp3) is 0.375. The molecule has 0 bridgehead atoms. The van der Waals surface area contributed by atoms with Gasteiger partial charge in [0.1, 0.15) is 0 Å². The number of aromatic hydroxyl groups is 1. The van der Waals surface area contributed by atoms with Crippen molar-refractivity contribution in [2.75, 3.05) is 7.11 Å². The Hall–Kier alpha value is -1.37. The molecule has 0 aromatic carbocycles. The molecule has 0 amide bonds. The highest BCUT2D eigenvalue weighted by molar-refractivity contribution is 6.17. The second-order valence-corrected chi connectivity index (χ2v) is 2.91. The molecule has 0 atom stereocenters. The van der Waals surface area contributed by atoms with Gasteiger partial charge in [-0.2, -0.15) is 0 Å². The van der Waals surface area contributed by atoms with Gasteiger partial charge in [-0.15, -0.1) is 24.8 Å². The van der Waals surface area contributed by atoms with Gasteiger partial charge in [-0.05, 0) is 0 Å². The van der Waals surface area contributed by atoms with Crippen molar-refractivity contribution < 1.29 is 27.8 Å². The molecule has 90 valence electrons. The summed E-state index contributed by atoms with van der Waals surface area (Å²) in [6, 6.07) is 0. The van der Waals surface area contributed by atoms with Crippen molar-refractivity contribution >= 4 is 11.6 Å². The molecule has 1 rings (SSSR count). The molecular weight excluding hydrogens is 251 g/mol. The lowest BCUT2D eigenvalue weighted by molar-refractivity contribution is -0.275. The van der Waals surface area contributed by atoms with E-state index in [1.807, 2.05) is 0 Å². The highest BCUT2D eigenvalue weighted by Gasteiger charge is 2.34. The van der Waals surface area contributed by atoms with Gasteiger partial charge in [0.25, 0.3) is 0 Å². The van der Waals surface area contributed by atoms with Gasteiger partial charge in [0.2, 0.25) is 5.88 Å². The molecule has 0 aliphatic rings. The van der Waals surface area contributed by atoms with E-state index in [1.54, 1.807) is 0 Å². The number of pyridine rings is 1. The summed E-state index contributed by atoms with van der Waals surface area (Å²) in [7, 11) is 1.22. The van der Waals surface area contributed by atoms with E-state index >= 15 is 0 Å². The van der Waals surface area contributed by atoms with Gasteiger partial charge in [0.15, 0.2) is 11.5 Å². The molecule has 0 aliphatic carbocycles. The zero-order valence-electron chi connectivity index (χ0n) is 8.01. The Morgan fingerprint density at radius 2 is 2.12 bits per heavy atom. The van der Waals surface area contributed by atoms with Crippen LogP contribution in [0.25, 0.3) is 0 Å². The average Bonchev–Trinajstić information content (AvgIpc) is 2.19. The minimum absolute atomic E-state index is 0.132. The Morgan fingerprint density at radius 3 is 2.56 bits per heavy atom. The number of alkyl halides is 4. The number of halogens is 4. The highest BCUT2D eigenvalue weighted by atomic mass is 35.5. The first-order chi connectivity index (χ1) is 7.39. The lowest BCUT2D eigenvalue weighted by atomic mass is 10.2. The SMILES string of the molecule is COc1ncc(O)c(OC(F)(F)F)c1CCl. The second kappa shape index (κ2) is 4.65. The maximum atomic E-state index is 12.0. The first kappa shape index (κ1) is 12.7. The van der Waals surface area contributed by atoms with Crippen molar-refractivity contribution in [1.29, 1.82) is 0 Å². The molecule has 0 fully saturated rings. The third kappa shape index (κ3) is 2.82. The number of hydrogen-bond acceptors (Lipinski definition) is 4. The topological polar surface area (TPSA) is 51.6 Å². The van der Waals surface area contributed by atoms with Crippen LogP contribution in [0.1, 0.15) is 5.56 Å². The van der Waals surface area contributed by atoms with E-state index in [9.17, 15) is 18.3 Å². The Bertz CT molecular complexity index is 384. The molecule has 1 aromatic rings. The largest absolute Gasteiger partial charge is 0.573 e. The van der Waals surface area contributed by atoms with E-state index in [0.717, 1.165) is 6.20 Å². The van der Waals surface area contributed by atoms with E-state index in [0.29, 0.717) is 0 Å². The minimum atomic E-state index is -4.93. The number of rotatable bonds is 3. The van der Waals surface area contributed by atoms with Crippen LogP contribution in [-0.4, -0.2) is 23.6 Å². The van der Waals surface area contributed by atoms with Crippen LogP contribution in [0.5, 0.6) is 17.4 Å². The van der Waals surface area contributed by atoms with Crippen molar-refractivity contribution in [3.05, 3.63) is 11.8 Å². The fourth-order valence-corrected chi connectivity index (χ4v) is 1.27. The van der Waals surface area contributed by atoms with Crippen molar-refractivity contribution in [2.24, 2.45) is 0 Å². The van der Waals surface area contributed by atoms with Crippen LogP contribution in [0.2, 0.25) is 0 Å². The zero-order valence-corrected chi connectivity index (χ0v) is 8.76. The van der Waals surface area contributed by atoms with Crippen LogP contribution in [-0.2, 0) is 5.88 Å². The summed E-state index contributed by atoms with van der Waals surface area (Å²) < 4.78 is 44.4. The normalized spacial score (nSPS) is 11.3. The molecule has 1 heterocycles. The Morgan fingerprint density at radius 1 is 1.50 bits per heavy atom. The first-order valence-electron chi connectivity index (χ1n) is 3.95. The Balaban J connectivity index is 3.23. The second-order valence-electron chi connectivity index (χ2n) is 2.64. The predicted octanol–water partition coefficient (Wildman–Crippen LogP) is 2.43. The van der Waals surface area contributed by atoms with E-state index in [4.69, 9.17) is 16.3 Å². The summed E-state index contributed by atoms with van der Waals surface area (Å²) in [6.07, 6.45) is -4.14. The molecule has 4 nitrogen and oxygen atoms in total. The monoisotopic (exact) mass is 257 g/mol. The van der Waals surface area contributed by atoms with Gasteiger partial charge in [0, 0.05) is 0 Å². The van der Waals surface area contributed by atoms with Gasteiger partial charge in [-0.1, -0.05) is 0 Å². The zero-order chi connectivity index (χ0) is 12.3. The standard InChI is InChI=1S/C8H7ClF3NO3/c1-15-7-4(2-9)6(5(14)3-13-7)16-8(10,11)12/h3,14H,2H2,1H3. The molecule has 0 saturated carbocycles. The summed E-state index contributed by atoms with van der Waals surface area (Å²) in [6.45, 7) is 0. The number of methoxy groups -OCH3 is 1. The number of nitrogens with zero attached hydrogens (tertiary/aromatic N) is 1. The lowest BCUT2D eigenvalue weighted by Crippen LogP contribution is -2.18. The van der Waals surface area contributed by atoms with Gasteiger partial charge in [-0.3, -0.25) is 0 Å². The first-order valence-corrected chi connectivity index (χ1v) is 4.49. The number of aromatic nitrogens is 1. The van der Waals surface area contributed by atoms with Crippen LogP contribution < -0.4 is 9.47 Å². The van der Waals surface area contributed by atoms with Crippen molar-refractivity contribution in [2.45, 2.75) is 12.2 Å². The molecule has 0 unspecified atom stereocenters. The predicted molar refractivity (Wildman–Crippen MR) is 48.7 cm³/mol. The summed E-state index contributed by atoms with van der Waals surface area (Å²) in [5.74, 6) is -2.02. The van der Waals surface area contributed by atoms with Crippen LogP contribution in [0.4, 0.5) is 13.2 Å². The summed E-state index contributed by atoms with van der Waals surface area (Å²) in [5.41, 5.74) is -0.165. The van der Waals surface area contributed by atoms with Gasteiger partial charge >= 0.3 is 6.36 Å². The molecule has 8 heteroatoms. The van der Waals surface area contributed by atoms with Crippen molar-refractivity contribution in [3.8, 4) is 17.4 Å². The summed E-state index contributed by atoms with van der Waals surface area (Å²) in [4.78, 5) is 3.55. The van der Waals surface area contributed by atoms with Gasteiger partial charge in [-0.25, -0.2) is 4.98 Å². The lowest BCUT2D eigenvalue weighted by Gasteiger charge is -2.14. The quantitative estimate of drug-likeness (QED) is 0.845. The number of ether oxygens (including phenoxy) is 2. The highest BCUT2D eigenvalue weighted by Crippen LogP contribution is 2.38. The van der Waals surface area contributed by atoms with Gasteiger partial charge < -0.3 is 14.6 Å². The van der Waals surface area contributed by atoms with Crippen LogP contribution in [0.3, 0.4) is 0 Å². The van der Waals surface area contributed by atoms with Crippen LogP contribution in [0, 0.1) is 0 Å².